The maximum Gasteiger partial charge on any atom is 0.353 e. The van der Waals surface area contributed by atoms with E-state index in [9.17, 15) is 10.1 Å². The minimum atomic E-state index is -0.506. The third kappa shape index (κ3) is 5.98. The maximum absolute atomic E-state index is 11.9. The average Bonchev–Trinajstić information content (AvgIpc) is 2.90. The van der Waals surface area contributed by atoms with Gasteiger partial charge in [0.05, 0.1) is 19.1 Å². The molecule has 0 atom stereocenters. The van der Waals surface area contributed by atoms with Crippen LogP contribution in [-0.2, 0) is 6.42 Å². The molecule has 1 aromatic heterocycles. The fourth-order valence-electron chi connectivity index (χ4n) is 3.50. The summed E-state index contributed by atoms with van der Waals surface area (Å²) in [6.45, 7) is 0.415. The minimum absolute atomic E-state index is 0.0837. The number of para-hydroxylation sites is 1. The van der Waals surface area contributed by atoms with Gasteiger partial charge in [-0.05, 0) is 60.5 Å². The summed E-state index contributed by atoms with van der Waals surface area (Å²) in [5, 5.41) is 17.9. The molecule has 0 saturated carbocycles. The average molecular weight is 488 g/mol. The van der Waals surface area contributed by atoms with E-state index < -0.39 is 4.92 Å². The lowest BCUT2D eigenvalue weighted by atomic mass is 10.1. The Morgan fingerprint density at radius 2 is 1.56 bits per heavy atom. The van der Waals surface area contributed by atoms with E-state index in [2.05, 4.69) is 20.6 Å². The normalized spacial score (nSPS) is 10.4. The lowest BCUT2D eigenvalue weighted by Crippen LogP contribution is -2.11. The number of hydrogen-bond donors (Lipinski definition) is 2. The van der Waals surface area contributed by atoms with Gasteiger partial charge in [-0.3, -0.25) is 10.1 Å². The van der Waals surface area contributed by atoms with Crippen molar-refractivity contribution in [2.45, 2.75) is 6.42 Å². The zero-order valence-corrected chi connectivity index (χ0v) is 19.8. The summed E-state index contributed by atoms with van der Waals surface area (Å²) < 4.78 is 16.4. The van der Waals surface area contributed by atoms with Crippen LogP contribution in [-0.4, -0.2) is 35.7 Å². The fourth-order valence-corrected chi connectivity index (χ4v) is 3.50. The van der Waals surface area contributed by atoms with E-state index in [-0.39, 0.29) is 17.3 Å². The largest absolute Gasteiger partial charge is 0.493 e. The zero-order chi connectivity index (χ0) is 25.3. The first-order valence-electron chi connectivity index (χ1n) is 11.1. The standard InChI is InChI=1S/C26H25N5O5/c1-34-22-13-8-18(16-23(22)35-2)14-15-27-25-24(31(32)33)26(29-17-28-25)30-19-9-11-21(12-10-19)36-20-6-4-3-5-7-20/h3-13,16-17H,14-15H2,1-2H3,(H2,27,28,29,30). The van der Waals surface area contributed by atoms with Crippen LogP contribution >= 0.6 is 0 Å². The lowest BCUT2D eigenvalue weighted by molar-refractivity contribution is -0.383. The lowest BCUT2D eigenvalue weighted by Gasteiger charge is -2.12. The molecule has 0 spiro atoms. The second kappa shape index (κ2) is 11.5. The SMILES string of the molecule is COc1ccc(CCNc2ncnc(Nc3ccc(Oc4ccccc4)cc3)c2[N+](=O)[O-])cc1OC. The van der Waals surface area contributed by atoms with Crippen molar-refractivity contribution in [3.63, 3.8) is 0 Å². The zero-order valence-electron chi connectivity index (χ0n) is 19.8. The van der Waals surface area contributed by atoms with Gasteiger partial charge in [0.1, 0.15) is 17.8 Å². The molecule has 3 aromatic carbocycles. The molecule has 4 aromatic rings. The molecule has 0 saturated heterocycles. The number of anilines is 3. The van der Waals surface area contributed by atoms with E-state index in [0.717, 1.165) is 5.56 Å². The van der Waals surface area contributed by atoms with E-state index in [1.807, 2.05) is 48.5 Å². The molecule has 0 bridgehead atoms. The quantitative estimate of drug-likeness (QED) is 0.206. The number of hydrogen-bond acceptors (Lipinski definition) is 9. The number of nitro groups is 1. The van der Waals surface area contributed by atoms with Gasteiger partial charge in [0.15, 0.2) is 11.5 Å². The van der Waals surface area contributed by atoms with Crippen molar-refractivity contribution in [2.24, 2.45) is 0 Å². The Morgan fingerprint density at radius 1 is 0.861 bits per heavy atom. The topological polar surface area (TPSA) is 121 Å². The molecule has 0 unspecified atom stereocenters. The Labute approximate surface area is 208 Å². The Hall–Kier alpha value is -4.86. The molecule has 0 amide bonds. The monoisotopic (exact) mass is 487 g/mol. The van der Waals surface area contributed by atoms with Crippen molar-refractivity contribution in [1.29, 1.82) is 0 Å². The van der Waals surface area contributed by atoms with E-state index >= 15 is 0 Å². The Kier molecular flexibility index (Phi) is 7.76. The minimum Gasteiger partial charge on any atom is -0.493 e. The van der Waals surface area contributed by atoms with Gasteiger partial charge < -0.3 is 24.8 Å². The van der Waals surface area contributed by atoms with Crippen molar-refractivity contribution < 1.29 is 19.1 Å². The molecule has 0 radical (unpaired) electrons. The third-order valence-electron chi connectivity index (χ3n) is 5.25. The van der Waals surface area contributed by atoms with Crippen LogP contribution in [0.1, 0.15) is 5.56 Å². The summed E-state index contributed by atoms with van der Waals surface area (Å²) >= 11 is 0. The van der Waals surface area contributed by atoms with Gasteiger partial charge in [-0.2, -0.15) is 0 Å². The summed E-state index contributed by atoms with van der Waals surface area (Å²) in [6.07, 6.45) is 1.87. The van der Waals surface area contributed by atoms with Crippen LogP contribution in [0.15, 0.2) is 79.1 Å². The highest BCUT2D eigenvalue weighted by Crippen LogP contribution is 2.32. The van der Waals surface area contributed by atoms with Crippen LogP contribution in [0, 0.1) is 10.1 Å². The van der Waals surface area contributed by atoms with Crippen molar-refractivity contribution >= 4 is 23.0 Å². The summed E-state index contributed by atoms with van der Waals surface area (Å²) in [4.78, 5) is 19.5. The highest BCUT2D eigenvalue weighted by Gasteiger charge is 2.23. The van der Waals surface area contributed by atoms with E-state index in [0.29, 0.717) is 41.7 Å². The molecule has 4 rings (SSSR count). The predicted molar refractivity (Wildman–Crippen MR) is 137 cm³/mol. The first-order chi connectivity index (χ1) is 17.6. The molecular weight excluding hydrogens is 462 g/mol. The second-order valence-corrected chi connectivity index (χ2v) is 7.61. The summed E-state index contributed by atoms with van der Waals surface area (Å²) in [5.74, 6) is 2.82. The molecule has 36 heavy (non-hydrogen) atoms. The molecule has 2 N–H and O–H groups in total. The third-order valence-corrected chi connectivity index (χ3v) is 5.25. The van der Waals surface area contributed by atoms with Crippen molar-refractivity contribution in [2.75, 3.05) is 31.4 Å². The number of benzene rings is 3. The first kappa shape index (κ1) is 24.3. The molecule has 0 aliphatic carbocycles. The first-order valence-corrected chi connectivity index (χ1v) is 11.1. The van der Waals surface area contributed by atoms with Gasteiger partial charge in [0.25, 0.3) is 0 Å². The van der Waals surface area contributed by atoms with Gasteiger partial charge in [-0.15, -0.1) is 0 Å². The van der Waals surface area contributed by atoms with E-state index in [1.54, 1.807) is 38.5 Å². The van der Waals surface area contributed by atoms with E-state index in [1.165, 1.54) is 6.33 Å². The number of aromatic nitrogens is 2. The van der Waals surface area contributed by atoms with Crippen molar-refractivity contribution in [3.05, 3.63) is 94.8 Å². The Morgan fingerprint density at radius 3 is 2.25 bits per heavy atom. The number of nitrogens with one attached hydrogen (secondary N) is 2. The highest BCUT2D eigenvalue weighted by molar-refractivity contribution is 5.73. The molecular formula is C26H25N5O5. The summed E-state index contributed by atoms with van der Waals surface area (Å²) in [7, 11) is 3.15. The highest BCUT2D eigenvalue weighted by atomic mass is 16.6. The summed E-state index contributed by atoms with van der Waals surface area (Å²) in [5.41, 5.74) is 1.36. The molecule has 184 valence electrons. The number of methoxy groups -OCH3 is 2. The fraction of sp³-hybridized carbons (Fsp3) is 0.154. The molecule has 0 fully saturated rings. The van der Waals surface area contributed by atoms with Gasteiger partial charge in [0.2, 0.25) is 11.6 Å². The van der Waals surface area contributed by atoms with Gasteiger partial charge in [-0.25, -0.2) is 9.97 Å². The molecule has 10 heteroatoms. The summed E-state index contributed by atoms with van der Waals surface area (Å²) in [6, 6.07) is 22.1. The molecule has 0 aliphatic rings. The predicted octanol–water partition coefficient (Wildman–Crippen LogP) is 5.59. The van der Waals surface area contributed by atoms with Crippen LogP contribution in [0.25, 0.3) is 0 Å². The number of nitrogens with zero attached hydrogens (tertiary/aromatic N) is 3. The number of rotatable bonds is 11. The van der Waals surface area contributed by atoms with Gasteiger partial charge in [0, 0.05) is 12.2 Å². The van der Waals surface area contributed by atoms with Crippen LogP contribution < -0.4 is 24.8 Å². The Bertz CT molecular complexity index is 1320. The van der Waals surface area contributed by atoms with Crippen LogP contribution in [0.3, 0.4) is 0 Å². The van der Waals surface area contributed by atoms with Crippen molar-refractivity contribution in [3.8, 4) is 23.0 Å². The number of ether oxygens (including phenoxy) is 3. The maximum atomic E-state index is 11.9. The van der Waals surface area contributed by atoms with Crippen LogP contribution in [0.4, 0.5) is 23.0 Å². The van der Waals surface area contributed by atoms with Crippen molar-refractivity contribution in [1.82, 2.24) is 9.97 Å². The van der Waals surface area contributed by atoms with E-state index in [4.69, 9.17) is 14.2 Å². The smallest absolute Gasteiger partial charge is 0.353 e. The van der Waals surface area contributed by atoms with Gasteiger partial charge >= 0.3 is 5.69 Å². The molecule has 0 aliphatic heterocycles. The van der Waals surface area contributed by atoms with Crippen LogP contribution in [0.5, 0.6) is 23.0 Å². The molecule has 10 nitrogen and oxygen atoms in total. The Balaban J connectivity index is 1.44. The molecule has 1 heterocycles. The second-order valence-electron chi connectivity index (χ2n) is 7.61. The van der Waals surface area contributed by atoms with Crippen LogP contribution in [0.2, 0.25) is 0 Å². The van der Waals surface area contributed by atoms with Gasteiger partial charge in [-0.1, -0.05) is 24.3 Å².